The van der Waals surface area contributed by atoms with Gasteiger partial charge in [-0.05, 0) is 53.4 Å². The molecule has 0 spiro atoms. The molecule has 0 amide bonds. The molecule has 0 aliphatic heterocycles. The van der Waals surface area contributed by atoms with Crippen LogP contribution in [0.1, 0.15) is 42.1 Å². The summed E-state index contributed by atoms with van der Waals surface area (Å²) < 4.78 is 28.4. The first-order chi connectivity index (χ1) is 16.9. The first-order valence-corrected chi connectivity index (χ1v) is 11.5. The molecule has 0 aliphatic carbocycles. The number of halogens is 2. The van der Waals surface area contributed by atoms with Crippen LogP contribution in [0.25, 0.3) is 11.1 Å². The molecule has 0 aromatic heterocycles. The van der Waals surface area contributed by atoms with Crippen molar-refractivity contribution in [3.8, 4) is 11.1 Å². The highest BCUT2D eigenvalue weighted by Gasteiger charge is 2.28. The third-order valence-electron chi connectivity index (χ3n) is 6.27. The van der Waals surface area contributed by atoms with Crippen molar-refractivity contribution in [1.29, 1.82) is 0 Å². The van der Waals surface area contributed by atoms with Crippen LogP contribution in [0.2, 0.25) is 0 Å². The SMILES string of the molecule is CC(c1ccccc1)N(Cc1ccccc1)C(CC(=O)O)c1cccc(-c2cc(F)ccc2F)c1. The summed E-state index contributed by atoms with van der Waals surface area (Å²) >= 11 is 0. The molecule has 0 saturated carbocycles. The van der Waals surface area contributed by atoms with E-state index in [1.807, 2.05) is 66.7 Å². The standard InChI is InChI=1S/C30H27F2NO2/c1-21(23-11-6-3-7-12-23)33(20-22-9-4-2-5-10-22)29(19-30(34)35)25-14-8-13-24(17-25)27-18-26(31)15-16-28(27)32/h2-18,21,29H,19-20H2,1H3,(H,34,35). The van der Waals surface area contributed by atoms with Crippen molar-refractivity contribution < 1.29 is 18.7 Å². The Morgan fingerprint density at radius 3 is 2.17 bits per heavy atom. The van der Waals surface area contributed by atoms with Gasteiger partial charge in [-0.3, -0.25) is 9.69 Å². The van der Waals surface area contributed by atoms with E-state index in [0.717, 1.165) is 34.9 Å². The minimum atomic E-state index is -0.935. The van der Waals surface area contributed by atoms with Gasteiger partial charge in [0.2, 0.25) is 0 Å². The maximum absolute atomic E-state index is 14.5. The number of nitrogens with zero attached hydrogens (tertiary/aromatic N) is 1. The van der Waals surface area contributed by atoms with Gasteiger partial charge in [0.15, 0.2) is 0 Å². The molecule has 5 heteroatoms. The normalized spacial score (nSPS) is 12.9. The molecule has 4 rings (SSSR count). The highest BCUT2D eigenvalue weighted by molar-refractivity contribution is 5.69. The summed E-state index contributed by atoms with van der Waals surface area (Å²) in [6.07, 6.45) is -0.140. The molecule has 35 heavy (non-hydrogen) atoms. The zero-order valence-corrected chi connectivity index (χ0v) is 19.4. The van der Waals surface area contributed by atoms with Crippen molar-refractivity contribution in [1.82, 2.24) is 4.90 Å². The Labute approximate surface area is 204 Å². The fourth-order valence-corrected chi connectivity index (χ4v) is 4.46. The van der Waals surface area contributed by atoms with Crippen LogP contribution in [0, 0.1) is 11.6 Å². The van der Waals surface area contributed by atoms with Crippen LogP contribution in [-0.4, -0.2) is 16.0 Å². The van der Waals surface area contributed by atoms with Crippen molar-refractivity contribution in [3.05, 3.63) is 131 Å². The number of carboxylic acids is 1. The van der Waals surface area contributed by atoms with Crippen LogP contribution < -0.4 is 0 Å². The van der Waals surface area contributed by atoms with E-state index in [1.54, 1.807) is 18.2 Å². The lowest BCUT2D eigenvalue weighted by Gasteiger charge is -2.37. The Bertz CT molecular complexity index is 1280. The second kappa shape index (κ2) is 11.1. The molecule has 4 aromatic rings. The highest BCUT2D eigenvalue weighted by Crippen LogP contribution is 2.36. The Kier molecular flexibility index (Phi) is 7.68. The van der Waals surface area contributed by atoms with Crippen molar-refractivity contribution in [2.45, 2.75) is 32.0 Å². The summed E-state index contributed by atoms with van der Waals surface area (Å²) in [5.74, 6) is -2.00. The summed E-state index contributed by atoms with van der Waals surface area (Å²) in [6, 6.07) is 29.7. The molecule has 0 heterocycles. The number of rotatable bonds is 9. The molecule has 178 valence electrons. The molecule has 3 nitrogen and oxygen atoms in total. The quantitative estimate of drug-likeness (QED) is 0.276. The van der Waals surface area contributed by atoms with Gasteiger partial charge in [-0.25, -0.2) is 8.78 Å². The molecule has 0 radical (unpaired) electrons. The average molecular weight is 472 g/mol. The smallest absolute Gasteiger partial charge is 0.305 e. The van der Waals surface area contributed by atoms with Gasteiger partial charge in [0, 0.05) is 24.2 Å². The summed E-state index contributed by atoms with van der Waals surface area (Å²) in [7, 11) is 0. The van der Waals surface area contributed by atoms with Crippen molar-refractivity contribution >= 4 is 5.97 Å². The van der Waals surface area contributed by atoms with Crippen LogP contribution >= 0.6 is 0 Å². The molecule has 0 aliphatic rings. The fraction of sp³-hybridized carbons (Fsp3) is 0.167. The third-order valence-corrected chi connectivity index (χ3v) is 6.27. The van der Waals surface area contributed by atoms with E-state index in [0.29, 0.717) is 12.1 Å². The van der Waals surface area contributed by atoms with Gasteiger partial charge in [-0.2, -0.15) is 0 Å². The Hall–Kier alpha value is -3.83. The van der Waals surface area contributed by atoms with Crippen LogP contribution in [0.15, 0.2) is 103 Å². The van der Waals surface area contributed by atoms with Gasteiger partial charge < -0.3 is 5.11 Å². The zero-order valence-electron chi connectivity index (χ0n) is 19.4. The number of benzene rings is 4. The molecular formula is C30H27F2NO2. The van der Waals surface area contributed by atoms with Crippen LogP contribution in [0.4, 0.5) is 8.78 Å². The minimum Gasteiger partial charge on any atom is -0.481 e. The number of carboxylic acid groups (broad SMARTS) is 1. The first-order valence-electron chi connectivity index (χ1n) is 11.5. The van der Waals surface area contributed by atoms with Gasteiger partial charge in [0.1, 0.15) is 11.6 Å². The Balaban J connectivity index is 1.80. The van der Waals surface area contributed by atoms with E-state index in [2.05, 4.69) is 11.8 Å². The van der Waals surface area contributed by atoms with Crippen LogP contribution in [-0.2, 0) is 11.3 Å². The monoisotopic (exact) mass is 471 g/mol. The van der Waals surface area contributed by atoms with E-state index in [-0.39, 0.29) is 18.0 Å². The number of hydrogen-bond acceptors (Lipinski definition) is 2. The summed E-state index contributed by atoms with van der Waals surface area (Å²) in [6.45, 7) is 2.58. The molecule has 0 fully saturated rings. The highest BCUT2D eigenvalue weighted by atomic mass is 19.1. The Morgan fingerprint density at radius 2 is 1.49 bits per heavy atom. The third kappa shape index (κ3) is 6.00. The van der Waals surface area contributed by atoms with Crippen LogP contribution in [0.5, 0.6) is 0 Å². The maximum atomic E-state index is 14.5. The van der Waals surface area contributed by atoms with Crippen molar-refractivity contribution in [2.24, 2.45) is 0 Å². The first kappa shape index (κ1) is 24.3. The average Bonchev–Trinajstić information content (AvgIpc) is 2.88. The van der Waals surface area contributed by atoms with E-state index < -0.39 is 23.6 Å². The molecule has 2 unspecified atom stereocenters. The molecule has 2 atom stereocenters. The van der Waals surface area contributed by atoms with E-state index in [1.165, 1.54) is 0 Å². The predicted octanol–water partition coefficient (Wildman–Crippen LogP) is 7.41. The van der Waals surface area contributed by atoms with Crippen LogP contribution in [0.3, 0.4) is 0 Å². The summed E-state index contributed by atoms with van der Waals surface area (Å²) in [4.78, 5) is 14.2. The molecule has 0 bridgehead atoms. The molecule has 4 aromatic carbocycles. The van der Waals surface area contributed by atoms with E-state index in [9.17, 15) is 18.7 Å². The van der Waals surface area contributed by atoms with Crippen molar-refractivity contribution in [2.75, 3.05) is 0 Å². The van der Waals surface area contributed by atoms with Gasteiger partial charge in [0.25, 0.3) is 0 Å². The number of carbonyl (C=O) groups is 1. The maximum Gasteiger partial charge on any atom is 0.305 e. The van der Waals surface area contributed by atoms with E-state index in [4.69, 9.17) is 0 Å². The minimum absolute atomic E-state index is 0.102. The largest absolute Gasteiger partial charge is 0.481 e. The topological polar surface area (TPSA) is 40.5 Å². The van der Waals surface area contributed by atoms with Crippen molar-refractivity contribution in [3.63, 3.8) is 0 Å². The van der Waals surface area contributed by atoms with Gasteiger partial charge >= 0.3 is 5.97 Å². The zero-order chi connectivity index (χ0) is 24.8. The second-order valence-corrected chi connectivity index (χ2v) is 8.61. The van der Waals surface area contributed by atoms with Gasteiger partial charge in [-0.15, -0.1) is 0 Å². The summed E-state index contributed by atoms with van der Waals surface area (Å²) in [5.41, 5.74) is 3.49. The van der Waals surface area contributed by atoms with Gasteiger partial charge in [0.05, 0.1) is 6.42 Å². The van der Waals surface area contributed by atoms with Gasteiger partial charge in [-0.1, -0.05) is 78.9 Å². The molecule has 1 N–H and O–H groups in total. The second-order valence-electron chi connectivity index (χ2n) is 8.61. The van der Waals surface area contributed by atoms with E-state index >= 15 is 0 Å². The fourth-order valence-electron chi connectivity index (χ4n) is 4.46. The number of aliphatic carboxylic acids is 1. The lowest BCUT2D eigenvalue weighted by Crippen LogP contribution is -2.32. The molecule has 0 saturated heterocycles. The summed E-state index contributed by atoms with van der Waals surface area (Å²) in [5, 5.41) is 9.84. The Morgan fingerprint density at radius 1 is 0.829 bits per heavy atom. The lowest BCUT2D eigenvalue weighted by atomic mass is 9.94. The number of hydrogen-bond donors (Lipinski definition) is 1. The predicted molar refractivity (Wildman–Crippen MR) is 134 cm³/mol. The molecular weight excluding hydrogens is 444 g/mol. The lowest BCUT2D eigenvalue weighted by molar-refractivity contribution is -0.138.